The lowest BCUT2D eigenvalue weighted by molar-refractivity contribution is -0.127. The van der Waals surface area contributed by atoms with E-state index < -0.39 is 0 Å². The van der Waals surface area contributed by atoms with E-state index in [4.69, 9.17) is 27.7 Å². The Morgan fingerprint density at radius 2 is 1.91 bits per heavy atom. The number of nitrogens with zero attached hydrogens (tertiary/aromatic N) is 3. The number of likely N-dealkylation sites (tertiary alicyclic amines) is 1. The summed E-state index contributed by atoms with van der Waals surface area (Å²) in [5, 5.41) is 8.43. The van der Waals surface area contributed by atoms with Crippen LogP contribution in [-0.2, 0) is 11.3 Å². The van der Waals surface area contributed by atoms with Gasteiger partial charge in [-0.2, -0.15) is 4.98 Å². The number of nitrogens with one attached hydrogen (secondary N) is 1. The van der Waals surface area contributed by atoms with Crippen LogP contribution in [0.1, 0.15) is 49.7 Å². The van der Waals surface area contributed by atoms with Crippen LogP contribution in [0.4, 0.5) is 0 Å². The topological polar surface area (TPSA) is 71.3 Å². The molecule has 1 fully saturated rings. The maximum Gasteiger partial charge on any atom is 0.241 e. The van der Waals surface area contributed by atoms with Crippen LogP contribution >= 0.6 is 23.2 Å². The molecule has 1 aromatic heterocycles. The number of carbonyl (C=O) groups is 1. The zero-order chi connectivity index (χ0) is 24.2. The van der Waals surface area contributed by atoms with Gasteiger partial charge in [0.1, 0.15) is 0 Å². The Hall–Kier alpha value is -2.41. The highest BCUT2D eigenvalue weighted by Gasteiger charge is 2.29. The summed E-state index contributed by atoms with van der Waals surface area (Å²) in [4.78, 5) is 19.8. The molecule has 8 heteroatoms. The standard InChI is InChI=1S/C26H30Cl2N4O2/c1-16(2)24(20-7-5-4-6-17(20)3)30-26(33)18-10-12-32(13-11-18)15-23-29-25(31-34-23)21-9-8-19(27)14-22(21)28/h4-9,14,16,18,24H,10-13,15H2,1-3H3,(H,30,33). The number of halogens is 2. The van der Waals surface area contributed by atoms with Crippen molar-refractivity contribution in [3.8, 4) is 11.4 Å². The number of benzene rings is 2. The second kappa shape index (κ2) is 10.9. The summed E-state index contributed by atoms with van der Waals surface area (Å²) in [6.45, 7) is 8.54. The largest absolute Gasteiger partial charge is 0.349 e. The molecule has 34 heavy (non-hydrogen) atoms. The average Bonchev–Trinajstić information content (AvgIpc) is 3.26. The Morgan fingerprint density at radius 1 is 1.18 bits per heavy atom. The lowest BCUT2D eigenvalue weighted by Crippen LogP contribution is -2.42. The van der Waals surface area contributed by atoms with Crippen LogP contribution in [0.3, 0.4) is 0 Å². The van der Waals surface area contributed by atoms with Gasteiger partial charge in [0.2, 0.25) is 17.6 Å². The Morgan fingerprint density at radius 3 is 2.59 bits per heavy atom. The predicted molar refractivity (Wildman–Crippen MR) is 135 cm³/mol. The Labute approximate surface area is 210 Å². The van der Waals surface area contributed by atoms with Crippen molar-refractivity contribution in [3.63, 3.8) is 0 Å². The van der Waals surface area contributed by atoms with Crippen molar-refractivity contribution in [1.82, 2.24) is 20.4 Å². The van der Waals surface area contributed by atoms with Crippen molar-refractivity contribution in [1.29, 1.82) is 0 Å². The van der Waals surface area contributed by atoms with Crippen molar-refractivity contribution >= 4 is 29.1 Å². The average molecular weight is 501 g/mol. The van der Waals surface area contributed by atoms with Crippen LogP contribution < -0.4 is 5.32 Å². The van der Waals surface area contributed by atoms with E-state index in [0.717, 1.165) is 25.9 Å². The van der Waals surface area contributed by atoms with Crippen molar-refractivity contribution in [2.45, 2.75) is 46.2 Å². The Balaban J connectivity index is 1.32. The van der Waals surface area contributed by atoms with Gasteiger partial charge < -0.3 is 9.84 Å². The molecule has 1 atom stereocenters. The summed E-state index contributed by atoms with van der Waals surface area (Å²) in [5.41, 5.74) is 3.08. The lowest BCUT2D eigenvalue weighted by Gasteiger charge is -2.32. The minimum atomic E-state index is 0.00707. The number of aromatic nitrogens is 2. The molecule has 0 radical (unpaired) electrons. The summed E-state index contributed by atoms with van der Waals surface area (Å²) in [6, 6.07) is 13.5. The first-order valence-electron chi connectivity index (χ1n) is 11.7. The van der Waals surface area contributed by atoms with E-state index in [0.29, 0.717) is 39.8 Å². The van der Waals surface area contributed by atoms with Gasteiger partial charge in [0.05, 0.1) is 17.6 Å². The number of hydrogen-bond acceptors (Lipinski definition) is 5. The fourth-order valence-corrected chi connectivity index (χ4v) is 4.95. The summed E-state index contributed by atoms with van der Waals surface area (Å²) in [6.07, 6.45) is 1.60. The molecule has 180 valence electrons. The van der Waals surface area contributed by atoms with Crippen LogP contribution in [0.15, 0.2) is 47.0 Å². The second-order valence-electron chi connectivity index (χ2n) is 9.27. The molecule has 2 heterocycles. The van der Waals surface area contributed by atoms with E-state index in [1.807, 2.05) is 12.1 Å². The number of piperidine rings is 1. The maximum atomic E-state index is 13.1. The Kier molecular flexibility index (Phi) is 7.91. The summed E-state index contributed by atoms with van der Waals surface area (Å²) in [5.74, 6) is 1.43. The molecule has 1 unspecified atom stereocenters. The molecule has 0 bridgehead atoms. The first-order chi connectivity index (χ1) is 16.3. The number of rotatable bonds is 7. The third kappa shape index (κ3) is 5.80. The molecule has 3 aromatic rings. The minimum Gasteiger partial charge on any atom is -0.349 e. The van der Waals surface area contributed by atoms with Crippen LogP contribution in [-0.4, -0.2) is 34.0 Å². The lowest BCUT2D eigenvalue weighted by atomic mass is 9.90. The fourth-order valence-electron chi connectivity index (χ4n) is 4.45. The van der Waals surface area contributed by atoms with Gasteiger partial charge >= 0.3 is 0 Å². The minimum absolute atomic E-state index is 0.00707. The third-order valence-corrected chi connectivity index (χ3v) is 6.99. The van der Waals surface area contributed by atoms with Gasteiger partial charge in [-0.05, 0) is 68.1 Å². The molecule has 6 nitrogen and oxygen atoms in total. The van der Waals surface area contributed by atoms with Crippen molar-refractivity contribution < 1.29 is 9.32 Å². The van der Waals surface area contributed by atoms with Crippen molar-refractivity contribution in [2.24, 2.45) is 11.8 Å². The van der Waals surface area contributed by atoms with Gasteiger partial charge in [-0.15, -0.1) is 0 Å². The molecule has 0 spiro atoms. The van der Waals surface area contributed by atoms with Crippen LogP contribution in [0, 0.1) is 18.8 Å². The van der Waals surface area contributed by atoms with E-state index in [2.05, 4.69) is 53.3 Å². The van der Waals surface area contributed by atoms with Crippen molar-refractivity contribution in [3.05, 3.63) is 69.5 Å². The molecule has 4 rings (SSSR count). The number of carbonyl (C=O) groups excluding carboxylic acids is 1. The molecule has 0 aliphatic carbocycles. The molecule has 1 saturated heterocycles. The van der Waals surface area contributed by atoms with Gasteiger partial charge in [-0.3, -0.25) is 9.69 Å². The second-order valence-corrected chi connectivity index (χ2v) is 10.1. The van der Waals surface area contributed by atoms with Gasteiger partial charge in [-0.1, -0.05) is 66.5 Å². The highest BCUT2D eigenvalue weighted by atomic mass is 35.5. The maximum absolute atomic E-state index is 13.1. The predicted octanol–water partition coefficient (Wildman–Crippen LogP) is 6.08. The van der Waals surface area contributed by atoms with Crippen LogP contribution in [0.2, 0.25) is 10.0 Å². The molecule has 2 aromatic carbocycles. The highest BCUT2D eigenvalue weighted by molar-refractivity contribution is 6.36. The Bertz CT molecular complexity index is 1140. The van der Waals surface area contributed by atoms with Crippen molar-refractivity contribution in [2.75, 3.05) is 13.1 Å². The zero-order valence-electron chi connectivity index (χ0n) is 19.7. The molecular weight excluding hydrogens is 471 g/mol. The van der Waals surface area contributed by atoms with E-state index in [-0.39, 0.29) is 17.9 Å². The normalized spacial score (nSPS) is 16.1. The number of hydrogen-bond donors (Lipinski definition) is 1. The summed E-state index contributed by atoms with van der Waals surface area (Å²) in [7, 11) is 0. The number of aryl methyl sites for hydroxylation is 1. The molecule has 1 N–H and O–H groups in total. The zero-order valence-corrected chi connectivity index (χ0v) is 21.2. The number of amides is 1. The van der Waals surface area contributed by atoms with Gasteiger partial charge in [0.25, 0.3) is 0 Å². The fraction of sp³-hybridized carbons (Fsp3) is 0.423. The SMILES string of the molecule is Cc1ccccc1C(NC(=O)C1CCN(Cc2nc(-c3ccc(Cl)cc3Cl)no2)CC1)C(C)C. The molecule has 1 amide bonds. The van der Waals surface area contributed by atoms with Gasteiger partial charge in [0, 0.05) is 16.5 Å². The molecule has 0 saturated carbocycles. The third-order valence-electron chi connectivity index (χ3n) is 6.45. The quantitative estimate of drug-likeness (QED) is 0.425. The van der Waals surface area contributed by atoms with Crippen LogP contribution in [0.25, 0.3) is 11.4 Å². The van der Waals surface area contributed by atoms with E-state index in [1.165, 1.54) is 11.1 Å². The summed E-state index contributed by atoms with van der Waals surface area (Å²) < 4.78 is 5.45. The smallest absolute Gasteiger partial charge is 0.241 e. The molecule has 1 aliphatic heterocycles. The van der Waals surface area contributed by atoms with Gasteiger partial charge in [-0.25, -0.2) is 0 Å². The highest BCUT2D eigenvalue weighted by Crippen LogP contribution is 2.29. The van der Waals surface area contributed by atoms with E-state index >= 15 is 0 Å². The first kappa shape index (κ1) is 24.7. The first-order valence-corrected chi connectivity index (χ1v) is 12.4. The van der Waals surface area contributed by atoms with Gasteiger partial charge in [0.15, 0.2) is 0 Å². The monoisotopic (exact) mass is 500 g/mol. The summed E-state index contributed by atoms with van der Waals surface area (Å²) >= 11 is 12.2. The van der Waals surface area contributed by atoms with E-state index in [9.17, 15) is 4.79 Å². The van der Waals surface area contributed by atoms with Crippen LogP contribution in [0.5, 0.6) is 0 Å². The molecular formula is C26H30Cl2N4O2. The molecule has 1 aliphatic rings. The van der Waals surface area contributed by atoms with E-state index in [1.54, 1.807) is 18.2 Å².